The Morgan fingerprint density at radius 3 is 3.17 bits per heavy atom. The number of carboxylic acids is 1. The van der Waals surface area contributed by atoms with E-state index in [-0.39, 0.29) is 5.69 Å². The number of nitrogens with zero attached hydrogens (tertiary/aromatic N) is 4. The topological polar surface area (TPSA) is 102 Å². The van der Waals surface area contributed by atoms with Crippen LogP contribution in [0, 0.1) is 6.92 Å². The minimum atomic E-state index is -1.06. The molecule has 0 fully saturated rings. The monoisotopic (exact) mass is 345 g/mol. The normalized spacial score (nSPS) is 13.9. The molecule has 0 atom stereocenters. The zero-order valence-electron chi connectivity index (χ0n) is 12.9. The van der Waals surface area contributed by atoms with Gasteiger partial charge >= 0.3 is 5.97 Å². The SMILES string of the molecule is Cc1cn2nc(C(=O)O)cc2c(NCc2nc3c(s2)COCC3)n1. The number of aromatic nitrogens is 4. The standard InChI is InChI=1S/C15H15N5O3S/c1-8-6-20-11(4-10(19-20)15(21)22)14(17-8)16-5-13-18-9-2-3-23-7-12(9)24-13/h4,6H,2-3,5,7H2,1H3,(H,16,17)(H,21,22). The van der Waals surface area contributed by atoms with Gasteiger partial charge in [-0.15, -0.1) is 11.3 Å². The quantitative estimate of drug-likeness (QED) is 0.744. The van der Waals surface area contributed by atoms with Gasteiger partial charge in [0.25, 0.3) is 0 Å². The van der Waals surface area contributed by atoms with Gasteiger partial charge in [0.05, 0.1) is 42.2 Å². The fourth-order valence-electron chi connectivity index (χ4n) is 2.66. The summed E-state index contributed by atoms with van der Waals surface area (Å²) in [4.78, 5) is 21.4. The highest BCUT2D eigenvalue weighted by atomic mass is 32.1. The Morgan fingerprint density at radius 2 is 2.38 bits per heavy atom. The van der Waals surface area contributed by atoms with Gasteiger partial charge in [-0.3, -0.25) is 0 Å². The average molecular weight is 345 g/mol. The summed E-state index contributed by atoms with van der Waals surface area (Å²) in [7, 11) is 0. The van der Waals surface area contributed by atoms with E-state index < -0.39 is 5.97 Å². The summed E-state index contributed by atoms with van der Waals surface area (Å²) in [6, 6.07) is 1.51. The fourth-order valence-corrected chi connectivity index (χ4v) is 3.65. The molecule has 0 bridgehead atoms. The van der Waals surface area contributed by atoms with Crippen molar-refractivity contribution in [3.63, 3.8) is 0 Å². The summed E-state index contributed by atoms with van der Waals surface area (Å²) in [5.41, 5.74) is 2.48. The van der Waals surface area contributed by atoms with Gasteiger partial charge in [-0.05, 0) is 6.92 Å². The third-order valence-corrected chi connectivity index (χ3v) is 4.81. The highest BCUT2D eigenvalue weighted by molar-refractivity contribution is 7.11. The summed E-state index contributed by atoms with van der Waals surface area (Å²) in [6.45, 7) is 3.71. The molecule has 3 aromatic heterocycles. The maximum atomic E-state index is 11.1. The number of fused-ring (bicyclic) bond motifs is 2. The molecule has 4 rings (SSSR count). The van der Waals surface area contributed by atoms with Crippen molar-refractivity contribution < 1.29 is 14.6 Å². The van der Waals surface area contributed by atoms with Gasteiger partial charge in [0, 0.05) is 12.5 Å². The minimum absolute atomic E-state index is 0.00712. The van der Waals surface area contributed by atoms with E-state index in [1.165, 1.54) is 15.5 Å². The van der Waals surface area contributed by atoms with Gasteiger partial charge < -0.3 is 15.2 Å². The summed E-state index contributed by atoms with van der Waals surface area (Å²) in [5.74, 6) is -0.464. The molecule has 0 amide bonds. The van der Waals surface area contributed by atoms with E-state index in [0.717, 1.165) is 29.4 Å². The molecule has 9 heteroatoms. The van der Waals surface area contributed by atoms with E-state index in [0.29, 0.717) is 24.5 Å². The van der Waals surface area contributed by atoms with E-state index in [9.17, 15) is 4.79 Å². The van der Waals surface area contributed by atoms with Crippen LogP contribution in [0.2, 0.25) is 0 Å². The Labute approximate surface area is 141 Å². The molecule has 1 aliphatic heterocycles. The number of hydrogen-bond donors (Lipinski definition) is 2. The predicted molar refractivity (Wildman–Crippen MR) is 87.5 cm³/mol. The molecule has 8 nitrogen and oxygen atoms in total. The lowest BCUT2D eigenvalue weighted by atomic mass is 10.2. The Hall–Kier alpha value is -2.52. The number of nitrogens with one attached hydrogen (secondary N) is 1. The Morgan fingerprint density at radius 1 is 1.50 bits per heavy atom. The molecule has 0 saturated carbocycles. The van der Waals surface area contributed by atoms with Crippen LogP contribution in [0.25, 0.3) is 5.52 Å². The van der Waals surface area contributed by atoms with Crippen molar-refractivity contribution in [3.8, 4) is 0 Å². The molecule has 4 heterocycles. The van der Waals surface area contributed by atoms with Gasteiger partial charge in [-0.1, -0.05) is 0 Å². The van der Waals surface area contributed by atoms with Crippen LogP contribution in [0.15, 0.2) is 12.3 Å². The van der Waals surface area contributed by atoms with Crippen LogP contribution in [0.3, 0.4) is 0 Å². The van der Waals surface area contributed by atoms with E-state index in [1.54, 1.807) is 17.5 Å². The Bertz CT molecular complexity index is 909. The van der Waals surface area contributed by atoms with Crippen molar-refractivity contribution in [2.45, 2.75) is 26.5 Å². The molecule has 0 aromatic carbocycles. The second-order valence-corrected chi connectivity index (χ2v) is 6.70. The van der Waals surface area contributed by atoms with E-state index in [1.807, 2.05) is 6.92 Å². The minimum Gasteiger partial charge on any atom is -0.476 e. The van der Waals surface area contributed by atoms with Gasteiger partial charge in [0.15, 0.2) is 11.5 Å². The molecule has 0 unspecified atom stereocenters. The summed E-state index contributed by atoms with van der Waals surface area (Å²) in [6.07, 6.45) is 2.55. The summed E-state index contributed by atoms with van der Waals surface area (Å²) in [5, 5.41) is 17.4. The molecule has 3 aromatic rings. The van der Waals surface area contributed by atoms with Crippen LogP contribution in [0.4, 0.5) is 5.82 Å². The lowest BCUT2D eigenvalue weighted by molar-refractivity contribution is 0.0690. The molecule has 124 valence electrons. The first kappa shape index (κ1) is 15.0. The van der Waals surface area contributed by atoms with Crippen molar-refractivity contribution >= 4 is 28.6 Å². The molecular formula is C15H15N5O3S. The molecule has 2 N–H and O–H groups in total. The number of ether oxygens (including phenoxy) is 1. The third kappa shape index (κ3) is 2.72. The first-order valence-electron chi connectivity index (χ1n) is 7.49. The zero-order valence-corrected chi connectivity index (χ0v) is 13.8. The predicted octanol–water partition coefficient (Wildman–Crippen LogP) is 1.88. The number of hydrogen-bond acceptors (Lipinski definition) is 7. The summed E-state index contributed by atoms with van der Waals surface area (Å²) >= 11 is 1.63. The van der Waals surface area contributed by atoms with Gasteiger partial charge in [-0.25, -0.2) is 19.3 Å². The molecule has 0 saturated heterocycles. The van der Waals surface area contributed by atoms with Gasteiger partial charge in [-0.2, -0.15) is 5.10 Å². The smallest absolute Gasteiger partial charge is 0.356 e. The number of aryl methyl sites for hydroxylation is 1. The van der Waals surface area contributed by atoms with Crippen LogP contribution in [-0.4, -0.2) is 37.3 Å². The highest BCUT2D eigenvalue weighted by Crippen LogP contribution is 2.25. The van der Waals surface area contributed by atoms with Crippen LogP contribution in [0.1, 0.15) is 31.8 Å². The van der Waals surface area contributed by atoms with E-state index in [4.69, 9.17) is 9.84 Å². The van der Waals surface area contributed by atoms with Crippen molar-refractivity contribution in [1.82, 2.24) is 19.6 Å². The number of aromatic carboxylic acids is 1. The molecule has 0 spiro atoms. The third-order valence-electron chi connectivity index (χ3n) is 3.74. The van der Waals surface area contributed by atoms with Gasteiger partial charge in [0.2, 0.25) is 0 Å². The molecule has 0 aliphatic carbocycles. The first-order valence-corrected chi connectivity index (χ1v) is 8.31. The van der Waals surface area contributed by atoms with Crippen LogP contribution < -0.4 is 5.32 Å². The van der Waals surface area contributed by atoms with E-state index in [2.05, 4.69) is 20.4 Å². The number of rotatable bonds is 4. The number of carbonyl (C=O) groups is 1. The van der Waals surface area contributed by atoms with Crippen molar-refractivity contribution in [3.05, 3.63) is 39.2 Å². The van der Waals surface area contributed by atoms with Crippen LogP contribution in [0.5, 0.6) is 0 Å². The molecule has 1 aliphatic rings. The molecular weight excluding hydrogens is 330 g/mol. The second kappa shape index (κ2) is 5.84. The number of thiazole rings is 1. The molecule has 24 heavy (non-hydrogen) atoms. The Balaban J connectivity index is 1.61. The summed E-state index contributed by atoms with van der Waals surface area (Å²) < 4.78 is 6.98. The first-order chi connectivity index (χ1) is 11.6. The van der Waals surface area contributed by atoms with Crippen molar-refractivity contribution in [2.24, 2.45) is 0 Å². The number of carboxylic acid groups (broad SMARTS) is 1. The largest absolute Gasteiger partial charge is 0.476 e. The maximum Gasteiger partial charge on any atom is 0.356 e. The second-order valence-electron chi connectivity index (χ2n) is 5.53. The average Bonchev–Trinajstić information content (AvgIpc) is 3.15. The van der Waals surface area contributed by atoms with E-state index >= 15 is 0 Å². The molecule has 0 radical (unpaired) electrons. The van der Waals surface area contributed by atoms with Crippen LogP contribution in [-0.2, 0) is 24.3 Å². The lowest BCUT2D eigenvalue weighted by Gasteiger charge is -2.08. The van der Waals surface area contributed by atoms with Gasteiger partial charge in [0.1, 0.15) is 10.5 Å². The lowest BCUT2D eigenvalue weighted by Crippen LogP contribution is -2.08. The number of anilines is 1. The van der Waals surface area contributed by atoms with Crippen LogP contribution >= 0.6 is 11.3 Å². The Kier molecular flexibility index (Phi) is 3.66. The van der Waals surface area contributed by atoms with Crippen molar-refractivity contribution in [2.75, 3.05) is 11.9 Å². The highest BCUT2D eigenvalue weighted by Gasteiger charge is 2.17. The zero-order chi connectivity index (χ0) is 16.7. The fraction of sp³-hybridized carbons (Fsp3) is 0.333. The van der Waals surface area contributed by atoms with Crippen molar-refractivity contribution in [1.29, 1.82) is 0 Å². The maximum absolute atomic E-state index is 11.1.